The molecule has 3 N–H and O–H groups in total. The van der Waals surface area contributed by atoms with Gasteiger partial charge in [-0.15, -0.1) is 12.4 Å². The number of carbonyl (C=O) groups excluding carboxylic acids is 1. The van der Waals surface area contributed by atoms with Gasteiger partial charge in [0.05, 0.1) is 0 Å². The Morgan fingerprint density at radius 2 is 1.67 bits per heavy atom. The summed E-state index contributed by atoms with van der Waals surface area (Å²) in [6, 6.07) is 15.5. The van der Waals surface area contributed by atoms with Gasteiger partial charge in [0.15, 0.2) is 0 Å². The van der Waals surface area contributed by atoms with Gasteiger partial charge in [0.1, 0.15) is 11.5 Å². The van der Waals surface area contributed by atoms with Gasteiger partial charge in [0, 0.05) is 57.4 Å². The van der Waals surface area contributed by atoms with E-state index in [9.17, 15) is 4.79 Å². The van der Waals surface area contributed by atoms with E-state index in [1.807, 2.05) is 24.3 Å². The quantitative estimate of drug-likeness (QED) is 0.680. The van der Waals surface area contributed by atoms with Crippen LogP contribution in [-0.2, 0) is 6.54 Å². The standard InChI is InChI=1S/C23H30N4O2.ClH/c1-24-22(28)19-4-8-21(9-5-19)29-20-6-2-18(3-7-20)16-27-14-10-23(11-15-27)17-25-12-13-26-23;/h2-9,25-26H,10-17H2,1H3,(H,24,28);1H. The minimum atomic E-state index is -0.0972. The molecule has 2 heterocycles. The number of piperazine rings is 1. The van der Waals surface area contributed by atoms with Crippen molar-refractivity contribution < 1.29 is 9.53 Å². The van der Waals surface area contributed by atoms with E-state index in [0.29, 0.717) is 11.1 Å². The second-order valence-corrected chi connectivity index (χ2v) is 8.01. The van der Waals surface area contributed by atoms with Crippen LogP contribution >= 0.6 is 12.4 Å². The van der Waals surface area contributed by atoms with Crippen LogP contribution in [0.15, 0.2) is 48.5 Å². The van der Waals surface area contributed by atoms with E-state index >= 15 is 0 Å². The molecule has 0 atom stereocenters. The molecule has 1 amide bonds. The van der Waals surface area contributed by atoms with Gasteiger partial charge < -0.3 is 20.7 Å². The molecule has 2 fully saturated rings. The molecular formula is C23H31ClN4O2. The third kappa shape index (κ3) is 5.52. The van der Waals surface area contributed by atoms with Crippen LogP contribution in [0.4, 0.5) is 0 Å². The first-order valence-electron chi connectivity index (χ1n) is 10.4. The predicted octanol–water partition coefficient (Wildman–Crippen LogP) is 2.79. The summed E-state index contributed by atoms with van der Waals surface area (Å²) in [5.74, 6) is 1.43. The third-order valence-electron chi connectivity index (χ3n) is 5.99. The fourth-order valence-electron chi connectivity index (χ4n) is 4.17. The predicted molar refractivity (Wildman–Crippen MR) is 122 cm³/mol. The molecule has 2 aromatic rings. The molecule has 6 nitrogen and oxygen atoms in total. The Balaban J connectivity index is 0.00000256. The average Bonchev–Trinajstić information content (AvgIpc) is 2.77. The van der Waals surface area contributed by atoms with Crippen molar-refractivity contribution in [2.24, 2.45) is 0 Å². The van der Waals surface area contributed by atoms with Crippen molar-refractivity contribution in [3.63, 3.8) is 0 Å². The van der Waals surface area contributed by atoms with Crippen LogP contribution in [-0.4, -0.2) is 56.1 Å². The van der Waals surface area contributed by atoms with E-state index in [1.165, 1.54) is 18.4 Å². The Morgan fingerprint density at radius 3 is 2.23 bits per heavy atom. The van der Waals surface area contributed by atoms with E-state index in [0.717, 1.165) is 50.8 Å². The van der Waals surface area contributed by atoms with Gasteiger partial charge in [-0.25, -0.2) is 0 Å². The molecule has 0 saturated carbocycles. The van der Waals surface area contributed by atoms with Gasteiger partial charge in [0.2, 0.25) is 0 Å². The maximum atomic E-state index is 11.6. The van der Waals surface area contributed by atoms with E-state index < -0.39 is 0 Å². The first-order chi connectivity index (χ1) is 14.2. The highest BCUT2D eigenvalue weighted by atomic mass is 35.5. The van der Waals surface area contributed by atoms with E-state index in [4.69, 9.17) is 4.74 Å². The number of benzene rings is 2. The summed E-state index contributed by atoms with van der Waals surface area (Å²) in [5, 5.41) is 9.88. The summed E-state index contributed by atoms with van der Waals surface area (Å²) in [5.41, 5.74) is 2.23. The zero-order chi connectivity index (χ0) is 20.1. The lowest BCUT2D eigenvalue weighted by Gasteiger charge is -2.45. The zero-order valence-corrected chi connectivity index (χ0v) is 18.3. The second-order valence-electron chi connectivity index (χ2n) is 8.01. The number of hydrogen-bond donors (Lipinski definition) is 3. The number of carbonyl (C=O) groups is 1. The number of halogens is 1. The maximum Gasteiger partial charge on any atom is 0.251 e. The Kier molecular flexibility index (Phi) is 7.72. The van der Waals surface area contributed by atoms with E-state index in [2.05, 4.69) is 33.0 Å². The molecule has 1 spiro atoms. The van der Waals surface area contributed by atoms with Crippen LogP contribution in [0.3, 0.4) is 0 Å². The van der Waals surface area contributed by atoms with Crippen molar-refractivity contribution >= 4 is 18.3 Å². The SMILES string of the molecule is CNC(=O)c1ccc(Oc2ccc(CN3CCC4(CC3)CNCCN4)cc2)cc1.Cl. The molecule has 0 unspecified atom stereocenters. The Hall–Kier alpha value is -2.12. The minimum Gasteiger partial charge on any atom is -0.457 e. The minimum absolute atomic E-state index is 0. The van der Waals surface area contributed by atoms with Crippen LogP contribution < -0.4 is 20.7 Å². The number of nitrogens with one attached hydrogen (secondary N) is 3. The molecule has 2 saturated heterocycles. The molecule has 2 aromatic carbocycles. The Morgan fingerprint density at radius 1 is 1.03 bits per heavy atom. The summed E-state index contributed by atoms with van der Waals surface area (Å²) in [6.45, 7) is 6.49. The molecular weight excluding hydrogens is 400 g/mol. The molecule has 4 rings (SSSR count). The van der Waals surface area contributed by atoms with Crippen molar-refractivity contribution in [2.45, 2.75) is 24.9 Å². The fourth-order valence-corrected chi connectivity index (χ4v) is 4.17. The average molecular weight is 431 g/mol. The first-order valence-corrected chi connectivity index (χ1v) is 10.4. The number of piperidine rings is 1. The number of rotatable bonds is 5. The van der Waals surface area contributed by atoms with Crippen LogP contribution in [0, 0.1) is 0 Å². The molecule has 2 aliphatic heterocycles. The van der Waals surface area contributed by atoms with Gasteiger partial charge in [-0.3, -0.25) is 9.69 Å². The highest BCUT2D eigenvalue weighted by Gasteiger charge is 2.35. The van der Waals surface area contributed by atoms with Gasteiger partial charge in [-0.2, -0.15) is 0 Å². The van der Waals surface area contributed by atoms with Crippen LogP contribution in [0.25, 0.3) is 0 Å². The normalized spacial score (nSPS) is 18.4. The maximum absolute atomic E-state index is 11.6. The van der Waals surface area contributed by atoms with Crippen LogP contribution in [0.1, 0.15) is 28.8 Å². The van der Waals surface area contributed by atoms with Gasteiger partial charge in [-0.05, 0) is 54.8 Å². The highest BCUT2D eigenvalue weighted by molar-refractivity contribution is 5.94. The van der Waals surface area contributed by atoms with Crippen molar-refractivity contribution in [3.05, 3.63) is 59.7 Å². The molecule has 0 bridgehead atoms. The number of nitrogens with zero attached hydrogens (tertiary/aromatic N) is 1. The number of amides is 1. The third-order valence-corrected chi connectivity index (χ3v) is 5.99. The second kappa shape index (κ2) is 10.3. The van der Waals surface area contributed by atoms with Crippen molar-refractivity contribution in [2.75, 3.05) is 39.8 Å². The Labute approximate surface area is 184 Å². The summed E-state index contributed by atoms with van der Waals surface area (Å²) < 4.78 is 5.91. The zero-order valence-electron chi connectivity index (χ0n) is 17.4. The number of likely N-dealkylation sites (tertiary alicyclic amines) is 1. The molecule has 0 aromatic heterocycles. The summed E-state index contributed by atoms with van der Waals surface area (Å²) in [6.07, 6.45) is 2.40. The van der Waals surface area contributed by atoms with Crippen molar-refractivity contribution in [1.29, 1.82) is 0 Å². The summed E-state index contributed by atoms with van der Waals surface area (Å²) in [4.78, 5) is 14.1. The first kappa shape index (κ1) is 22.6. The lowest BCUT2D eigenvalue weighted by molar-refractivity contribution is 0.0963. The number of hydrogen-bond acceptors (Lipinski definition) is 5. The molecule has 7 heteroatoms. The molecule has 162 valence electrons. The number of ether oxygens (including phenoxy) is 1. The largest absolute Gasteiger partial charge is 0.457 e. The molecule has 2 aliphatic rings. The Bertz CT molecular complexity index is 810. The highest BCUT2D eigenvalue weighted by Crippen LogP contribution is 2.26. The molecule has 0 radical (unpaired) electrons. The van der Waals surface area contributed by atoms with Crippen LogP contribution in [0.2, 0.25) is 0 Å². The summed E-state index contributed by atoms with van der Waals surface area (Å²) >= 11 is 0. The van der Waals surface area contributed by atoms with Crippen molar-refractivity contribution in [1.82, 2.24) is 20.9 Å². The van der Waals surface area contributed by atoms with Gasteiger partial charge >= 0.3 is 0 Å². The molecule has 30 heavy (non-hydrogen) atoms. The monoisotopic (exact) mass is 430 g/mol. The lowest BCUT2D eigenvalue weighted by atomic mass is 9.86. The van der Waals surface area contributed by atoms with Crippen molar-refractivity contribution in [3.8, 4) is 11.5 Å². The fraction of sp³-hybridized carbons (Fsp3) is 0.435. The van der Waals surface area contributed by atoms with E-state index in [-0.39, 0.29) is 18.3 Å². The van der Waals surface area contributed by atoms with Gasteiger partial charge in [0.25, 0.3) is 5.91 Å². The van der Waals surface area contributed by atoms with Crippen LogP contribution in [0.5, 0.6) is 11.5 Å². The topological polar surface area (TPSA) is 65.6 Å². The summed E-state index contributed by atoms with van der Waals surface area (Å²) in [7, 11) is 1.63. The van der Waals surface area contributed by atoms with E-state index in [1.54, 1.807) is 19.2 Å². The lowest BCUT2D eigenvalue weighted by Crippen LogP contribution is -2.63. The van der Waals surface area contributed by atoms with Gasteiger partial charge in [-0.1, -0.05) is 12.1 Å². The smallest absolute Gasteiger partial charge is 0.251 e. The molecule has 0 aliphatic carbocycles.